The maximum atomic E-state index is 11.3. The Balaban J connectivity index is 1.74. The first-order valence-corrected chi connectivity index (χ1v) is 6.41. The normalized spacial score (nSPS) is 24.1. The number of ether oxygens (including phenoxy) is 4. The third-order valence-corrected chi connectivity index (χ3v) is 2.76. The second kappa shape index (κ2) is 5.71. The number of hydrogen-bond donors (Lipinski definition) is 0. The Hall–Kier alpha value is -1.07. The second-order valence-electron chi connectivity index (χ2n) is 4.95. The zero-order valence-electron chi connectivity index (χ0n) is 10.9. The topological polar surface area (TPSA) is 54.0 Å². The van der Waals surface area contributed by atoms with Crippen molar-refractivity contribution in [1.29, 1.82) is 0 Å². The quantitative estimate of drug-likeness (QED) is 0.721. The molecule has 2 aliphatic rings. The van der Waals surface area contributed by atoms with Gasteiger partial charge in [0.05, 0.1) is 19.3 Å². The highest BCUT2D eigenvalue weighted by Crippen LogP contribution is 2.25. The average Bonchev–Trinajstić information content (AvgIpc) is 2.27. The van der Waals surface area contributed by atoms with Crippen molar-refractivity contribution in [2.45, 2.75) is 51.6 Å². The standard InChI is InChI=1S/C13H20O5/c1-13(2)17-10(9-11(14)18-13)5-3-6-12-15-7-4-8-16-12/h9,12H,3-8H2,1-2H3. The summed E-state index contributed by atoms with van der Waals surface area (Å²) in [4.78, 5) is 11.3. The molecule has 0 saturated carbocycles. The van der Waals surface area contributed by atoms with Crippen LogP contribution in [0.4, 0.5) is 0 Å². The van der Waals surface area contributed by atoms with E-state index in [9.17, 15) is 4.79 Å². The summed E-state index contributed by atoms with van der Waals surface area (Å²) >= 11 is 0. The largest absolute Gasteiger partial charge is 0.457 e. The van der Waals surface area contributed by atoms with Gasteiger partial charge in [-0.05, 0) is 19.3 Å². The second-order valence-corrected chi connectivity index (χ2v) is 4.95. The van der Waals surface area contributed by atoms with Crippen LogP contribution in [0.5, 0.6) is 0 Å². The SMILES string of the molecule is CC1(C)OC(=O)C=C(CCCC2OCCCO2)O1. The van der Waals surface area contributed by atoms with Crippen LogP contribution in [0, 0.1) is 0 Å². The average molecular weight is 256 g/mol. The van der Waals surface area contributed by atoms with Crippen LogP contribution in [0.15, 0.2) is 11.8 Å². The van der Waals surface area contributed by atoms with Crippen LogP contribution in [0.25, 0.3) is 0 Å². The van der Waals surface area contributed by atoms with Gasteiger partial charge in [0.1, 0.15) is 5.76 Å². The number of esters is 1. The van der Waals surface area contributed by atoms with Gasteiger partial charge in [0, 0.05) is 20.3 Å². The van der Waals surface area contributed by atoms with Crippen LogP contribution in [0.1, 0.15) is 39.5 Å². The van der Waals surface area contributed by atoms with Gasteiger partial charge in [-0.2, -0.15) is 0 Å². The Kier molecular flexibility index (Phi) is 4.24. The minimum Gasteiger partial charge on any atom is -0.457 e. The van der Waals surface area contributed by atoms with E-state index in [1.807, 2.05) is 0 Å². The van der Waals surface area contributed by atoms with Crippen LogP contribution in [0.3, 0.4) is 0 Å². The molecule has 2 heterocycles. The van der Waals surface area contributed by atoms with Gasteiger partial charge in [0.25, 0.3) is 0 Å². The summed E-state index contributed by atoms with van der Waals surface area (Å²) in [5, 5.41) is 0. The van der Waals surface area contributed by atoms with E-state index >= 15 is 0 Å². The fraction of sp³-hybridized carbons (Fsp3) is 0.769. The highest BCUT2D eigenvalue weighted by molar-refractivity contribution is 5.83. The van der Waals surface area contributed by atoms with Gasteiger partial charge in [-0.25, -0.2) is 4.79 Å². The molecule has 0 N–H and O–H groups in total. The molecule has 0 unspecified atom stereocenters. The molecule has 2 aliphatic heterocycles. The lowest BCUT2D eigenvalue weighted by Crippen LogP contribution is -2.34. The predicted octanol–water partition coefficient (Wildman–Crippen LogP) is 2.11. The van der Waals surface area contributed by atoms with E-state index < -0.39 is 5.79 Å². The molecular weight excluding hydrogens is 236 g/mol. The smallest absolute Gasteiger partial charge is 0.337 e. The molecule has 0 atom stereocenters. The molecule has 5 nitrogen and oxygen atoms in total. The highest BCUT2D eigenvalue weighted by Gasteiger charge is 2.29. The Morgan fingerprint density at radius 3 is 2.67 bits per heavy atom. The van der Waals surface area contributed by atoms with Crippen molar-refractivity contribution in [2.75, 3.05) is 13.2 Å². The Labute approximate surface area is 107 Å². The molecule has 102 valence electrons. The van der Waals surface area contributed by atoms with Gasteiger partial charge in [-0.3, -0.25) is 0 Å². The summed E-state index contributed by atoms with van der Waals surface area (Å²) in [6.07, 6.45) is 4.64. The molecule has 18 heavy (non-hydrogen) atoms. The minimum absolute atomic E-state index is 0.108. The third-order valence-electron chi connectivity index (χ3n) is 2.76. The van der Waals surface area contributed by atoms with Gasteiger partial charge in [0.15, 0.2) is 6.29 Å². The highest BCUT2D eigenvalue weighted by atomic mass is 16.7. The lowest BCUT2D eigenvalue weighted by Gasteiger charge is -2.31. The van der Waals surface area contributed by atoms with Crippen molar-refractivity contribution >= 4 is 5.97 Å². The molecule has 5 heteroatoms. The van der Waals surface area contributed by atoms with E-state index in [2.05, 4.69) is 0 Å². The van der Waals surface area contributed by atoms with Gasteiger partial charge in [0.2, 0.25) is 5.79 Å². The van der Waals surface area contributed by atoms with Gasteiger partial charge < -0.3 is 18.9 Å². The van der Waals surface area contributed by atoms with Crippen molar-refractivity contribution < 1.29 is 23.7 Å². The predicted molar refractivity (Wildman–Crippen MR) is 63.5 cm³/mol. The van der Waals surface area contributed by atoms with Crippen molar-refractivity contribution in [3.05, 3.63) is 11.8 Å². The van der Waals surface area contributed by atoms with E-state index in [0.29, 0.717) is 12.2 Å². The van der Waals surface area contributed by atoms with E-state index in [0.717, 1.165) is 32.5 Å². The molecule has 0 spiro atoms. The molecule has 0 aromatic carbocycles. The summed E-state index contributed by atoms with van der Waals surface area (Å²) in [6, 6.07) is 0. The number of cyclic esters (lactones) is 1. The first-order valence-electron chi connectivity index (χ1n) is 6.41. The van der Waals surface area contributed by atoms with Crippen LogP contribution in [-0.2, 0) is 23.7 Å². The Bertz CT molecular complexity index is 328. The summed E-state index contributed by atoms with van der Waals surface area (Å²) in [5.41, 5.74) is 0. The summed E-state index contributed by atoms with van der Waals surface area (Å²) in [5.74, 6) is -0.530. The number of carbonyl (C=O) groups is 1. The zero-order valence-corrected chi connectivity index (χ0v) is 10.9. The minimum atomic E-state index is -0.862. The van der Waals surface area contributed by atoms with Crippen molar-refractivity contribution in [2.24, 2.45) is 0 Å². The van der Waals surface area contributed by atoms with E-state index in [1.165, 1.54) is 6.08 Å². The van der Waals surface area contributed by atoms with Crippen LogP contribution in [-0.4, -0.2) is 31.3 Å². The molecule has 0 aromatic heterocycles. The molecule has 1 fully saturated rings. The summed E-state index contributed by atoms with van der Waals surface area (Å²) in [6.45, 7) is 4.99. The number of hydrogen-bond acceptors (Lipinski definition) is 5. The van der Waals surface area contributed by atoms with E-state index in [1.54, 1.807) is 13.8 Å². The first-order chi connectivity index (χ1) is 8.55. The fourth-order valence-corrected chi connectivity index (χ4v) is 2.04. The van der Waals surface area contributed by atoms with Gasteiger partial charge >= 0.3 is 5.97 Å². The fourth-order valence-electron chi connectivity index (χ4n) is 2.04. The molecule has 0 bridgehead atoms. The zero-order chi connectivity index (χ0) is 13.0. The summed E-state index contributed by atoms with van der Waals surface area (Å²) < 4.78 is 21.5. The Morgan fingerprint density at radius 2 is 2.00 bits per heavy atom. The van der Waals surface area contributed by atoms with E-state index in [4.69, 9.17) is 18.9 Å². The number of rotatable bonds is 4. The molecule has 2 rings (SSSR count). The Morgan fingerprint density at radius 1 is 1.28 bits per heavy atom. The van der Waals surface area contributed by atoms with Crippen LogP contribution in [0.2, 0.25) is 0 Å². The number of allylic oxidation sites excluding steroid dienone is 1. The molecule has 0 amide bonds. The molecule has 0 aromatic rings. The molecule has 0 aliphatic carbocycles. The summed E-state index contributed by atoms with van der Waals surface area (Å²) in [7, 11) is 0. The van der Waals surface area contributed by atoms with Gasteiger partial charge in [-0.1, -0.05) is 0 Å². The molecular formula is C13H20O5. The monoisotopic (exact) mass is 256 g/mol. The van der Waals surface area contributed by atoms with Crippen molar-refractivity contribution in [3.8, 4) is 0 Å². The first kappa shape index (κ1) is 13.4. The maximum Gasteiger partial charge on any atom is 0.337 e. The lowest BCUT2D eigenvalue weighted by atomic mass is 10.1. The lowest BCUT2D eigenvalue weighted by molar-refractivity contribution is -0.206. The molecule has 1 saturated heterocycles. The van der Waals surface area contributed by atoms with E-state index in [-0.39, 0.29) is 12.3 Å². The van der Waals surface area contributed by atoms with Crippen LogP contribution >= 0.6 is 0 Å². The van der Waals surface area contributed by atoms with Gasteiger partial charge in [-0.15, -0.1) is 0 Å². The van der Waals surface area contributed by atoms with Crippen LogP contribution < -0.4 is 0 Å². The third kappa shape index (κ3) is 3.99. The molecule has 0 radical (unpaired) electrons. The van der Waals surface area contributed by atoms with Crippen molar-refractivity contribution in [1.82, 2.24) is 0 Å². The number of carbonyl (C=O) groups excluding carboxylic acids is 1. The maximum absolute atomic E-state index is 11.3. The van der Waals surface area contributed by atoms with Crippen molar-refractivity contribution in [3.63, 3.8) is 0 Å².